The summed E-state index contributed by atoms with van der Waals surface area (Å²) >= 11 is 3.40. The maximum absolute atomic E-state index is 12.9. The molecule has 0 spiro atoms. The van der Waals surface area contributed by atoms with Crippen molar-refractivity contribution in [1.29, 1.82) is 0 Å². The molecule has 0 amide bonds. The van der Waals surface area contributed by atoms with Gasteiger partial charge in [0.25, 0.3) is 0 Å². The van der Waals surface area contributed by atoms with Crippen molar-refractivity contribution in [3.8, 4) is 17.2 Å². The number of nitrogens with two attached hydrogens (primary N) is 1. The molecule has 2 N–H and O–H groups in total. The van der Waals surface area contributed by atoms with Gasteiger partial charge in [-0.25, -0.2) is 0 Å². The molecule has 0 saturated heterocycles. The van der Waals surface area contributed by atoms with E-state index in [-0.39, 0.29) is 5.78 Å². The van der Waals surface area contributed by atoms with Crippen LogP contribution in [0.15, 0.2) is 34.8 Å². The van der Waals surface area contributed by atoms with Gasteiger partial charge in [-0.05, 0) is 52.3 Å². The summed E-state index contributed by atoms with van der Waals surface area (Å²) in [5.41, 5.74) is 8.63. The van der Waals surface area contributed by atoms with E-state index in [1.54, 1.807) is 37.5 Å². The third-order valence-corrected chi connectivity index (χ3v) is 4.76. The van der Waals surface area contributed by atoms with E-state index in [9.17, 15) is 4.79 Å². The Hall–Kier alpha value is -2.67. The summed E-state index contributed by atoms with van der Waals surface area (Å²) < 4.78 is 17.1. The summed E-state index contributed by atoms with van der Waals surface area (Å²) in [6.07, 6.45) is 1.71. The number of ether oxygens (including phenoxy) is 3. The van der Waals surface area contributed by atoms with Crippen LogP contribution in [0.3, 0.4) is 0 Å². The number of nitrogen functional groups attached to an aromatic ring is 1. The van der Waals surface area contributed by atoms with Gasteiger partial charge in [0, 0.05) is 25.2 Å². The number of nitrogens with zero attached hydrogens (tertiary/aromatic N) is 1. The maximum atomic E-state index is 12.9. The number of allylic oxidation sites excluding steroid dienone is 1. The van der Waals surface area contributed by atoms with E-state index >= 15 is 0 Å². The molecule has 1 aliphatic heterocycles. The first kappa shape index (κ1) is 19.1. The average Bonchev–Trinajstić information content (AvgIpc) is 2.67. The highest BCUT2D eigenvalue weighted by molar-refractivity contribution is 9.12. The minimum Gasteiger partial charge on any atom is -0.492 e. The Balaban J connectivity index is 1.96. The molecule has 7 heteroatoms. The summed E-state index contributed by atoms with van der Waals surface area (Å²) in [7, 11) is 5.32. The molecule has 27 heavy (non-hydrogen) atoms. The van der Waals surface area contributed by atoms with Gasteiger partial charge in [0.05, 0.1) is 23.0 Å². The number of hydrogen-bond donors (Lipinski definition) is 1. The molecule has 0 unspecified atom stereocenters. The molecule has 3 rings (SSSR count). The van der Waals surface area contributed by atoms with E-state index in [4.69, 9.17) is 19.9 Å². The number of rotatable bonds is 5. The topological polar surface area (TPSA) is 74.0 Å². The van der Waals surface area contributed by atoms with Crippen LogP contribution in [0.5, 0.6) is 17.2 Å². The van der Waals surface area contributed by atoms with E-state index in [0.29, 0.717) is 51.8 Å². The van der Waals surface area contributed by atoms with Crippen LogP contribution < -0.4 is 24.8 Å². The SMILES string of the molecule is COc1c(/C=C(/Br)C(=O)c2ccc(N)c(N(C)C)c2)ccc2c1OCCO2. The molecule has 6 nitrogen and oxygen atoms in total. The summed E-state index contributed by atoms with van der Waals surface area (Å²) in [4.78, 5) is 14.7. The summed E-state index contributed by atoms with van der Waals surface area (Å²) in [5.74, 6) is 1.55. The fourth-order valence-electron chi connectivity index (χ4n) is 2.84. The minimum atomic E-state index is -0.157. The molecule has 0 saturated carbocycles. The van der Waals surface area contributed by atoms with Crippen LogP contribution in [-0.4, -0.2) is 40.2 Å². The second kappa shape index (κ2) is 7.92. The third-order valence-electron chi connectivity index (χ3n) is 4.17. The normalized spacial score (nSPS) is 13.3. The zero-order valence-corrected chi connectivity index (χ0v) is 17.0. The molecule has 0 atom stereocenters. The fraction of sp³-hybridized carbons (Fsp3) is 0.250. The molecular weight excluding hydrogens is 412 g/mol. The molecular formula is C20H21BrN2O4. The highest BCUT2D eigenvalue weighted by atomic mass is 79.9. The molecule has 0 aliphatic carbocycles. The summed E-state index contributed by atoms with van der Waals surface area (Å²) in [6, 6.07) is 8.85. The Kier molecular flexibility index (Phi) is 5.60. The molecule has 1 aliphatic rings. The molecule has 2 aromatic rings. The van der Waals surface area contributed by atoms with E-state index in [0.717, 1.165) is 5.69 Å². The highest BCUT2D eigenvalue weighted by Gasteiger charge is 2.20. The van der Waals surface area contributed by atoms with Crippen molar-refractivity contribution in [2.45, 2.75) is 0 Å². The number of methoxy groups -OCH3 is 1. The fourth-order valence-corrected chi connectivity index (χ4v) is 3.32. The molecule has 0 bridgehead atoms. The third kappa shape index (κ3) is 3.88. The lowest BCUT2D eigenvalue weighted by Crippen LogP contribution is -2.16. The number of carbonyl (C=O) groups is 1. The molecule has 0 aromatic heterocycles. The molecule has 0 fully saturated rings. The highest BCUT2D eigenvalue weighted by Crippen LogP contribution is 2.42. The van der Waals surface area contributed by atoms with Gasteiger partial charge in [0.15, 0.2) is 17.3 Å². The number of benzene rings is 2. The average molecular weight is 433 g/mol. The van der Waals surface area contributed by atoms with Gasteiger partial charge in [0.1, 0.15) is 13.2 Å². The lowest BCUT2D eigenvalue weighted by molar-refractivity contribution is 0.104. The van der Waals surface area contributed by atoms with Crippen LogP contribution in [0.4, 0.5) is 11.4 Å². The smallest absolute Gasteiger partial charge is 0.204 e. The van der Waals surface area contributed by atoms with Gasteiger partial charge in [-0.15, -0.1) is 0 Å². The second-order valence-electron chi connectivity index (χ2n) is 6.20. The van der Waals surface area contributed by atoms with E-state index in [1.165, 1.54) is 0 Å². The van der Waals surface area contributed by atoms with Crippen LogP contribution in [0, 0.1) is 0 Å². The monoisotopic (exact) mass is 432 g/mol. The second-order valence-corrected chi connectivity index (χ2v) is 7.06. The van der Waals surface area contributed by atoms with E-state index in [1.807, 2.05) is 25.1 Å². The number of halogens is 1. The van der Waals surface area contributed by atoms with E-state index < -0.39 is 0 Å². The molecule has 0 radical (unpaired) electrons. The van der Waals surface area contributed by atoms with Crippen molar-refractivity contribution in [3.63, 3.8) is 0 Å². The Morgan fingerprint density at radius 1 is 1.22 bits per heavy atom. The molecule has 2 aromatic carbocycles. The van der Waals surface area contributed by atoms with Gasteiger partial charge in [-0.2, -0.15) is 0 Å². The van der Waals surface area contributed by atoms with Crippen LogP contribution >= 0.6 is 15.9 Å². The first-order valence-corrected chi connectivity index (χ1v) is 9.17. The Labute approximate surface area is 166 Å². The van der Waals surface area contributed by atoms with Crippen LogP contribution in [-0.2, 0) is 0 Å². The lowest BCUT2D eigenvalue weighted by atomic mass is 10.1. The van der Waals surface area contributed by atoms with Crippen molar-refractivity contribution >= 4 is 39.2 Å². The van der Waals surface area contributed by atoms with E-state index in [2.05, 4.69) is 15.9 Å². The van der Waals surface area contributed by atoms with Crippen LogP contribution in [0.2, 0.25) is 0 Å². The minimum absolute atomic E-state index is 0.157. The Morgan fingerprint density at radius 2 is 1.96 bits per heavy atom. The van der Waals surface area contributed by atoms with Crippen molar-refractivity contribution in [2.75, 3.05) is 45.1 Å². The zero-order chi connectivity index (χ0) is 19.6. The van der Waals surface area contributed by atoms with Gasteiger partial charge in [-0.1, -0.05) is 0 Å². The maximum Gasteiger partial charge on any atom is 0.204 e. The predicted molar refractivity (Wildman–Crippen MR) is 110 cm³/mol. The number of Topliss-reactive ketones (excluding diaryl/α,β-unsaturated/α-hetero) is 1. The number of carbonyl (C=O) groups excluding carboxylic acids is 1. The summed E-state index contributed by atoms with van der Waals surface area (Å²) in [5, 5.41) is 0. The number of fused-ring (bicyclic) bond motifs is 1. The first-order valence-electron chi connectivity index (χ1n) is 8.37. The largest absolute Gasteiger partial charge is 0.492 e. The number of anilines is 2. The Bertz CT molecular complexity index is 909. The lowest BCUT2D eigenvalue weighted by Gasteiger charge is -2.21. The quantitative estimate of drug-likeness (QED) is 0.440. The van der Waals surface area contributed by atoms with Gasteiger partial charge in [-0.3, -0.25) is 4.79 Å². The Morgan fingerprint density at radius 3 is 2.67 bits per heavy atom. The van der Waals surface area contributed by atoms with Gasteiger partial charge < -0.3 is 24.8 Å². The molecule has 142 valence electrons. The van der Waals surface area contributed by atoms with Crippen molar-refractivity contribution in [1.82, 2.24) is 0 Å². The van der Waals surface area contributed by atoms with Gasteiger partial charge in [0.2, 0.25) is 5.75 Å². The zero-order valence-electron chi connectivity index (χ0n) is 15.4. The van der Waals surface area contributed by atoms with Crippen molar-refractivity contribution in [3.05, 3.63) is 45.9 Å². The van der Waals surface area contributed by atoms with Crippen molar-refractivity contribution < 1.29 is 19.0 Å². The van der Waals surface area contributed by atoms with Gasteiger partial charge >= 0.3 is 0 Å². The number of ketones is 1. The van der Waals surface area contributed by atoms with Crippen LogP contribution in [0.1, 0.15) is 15.9 Å². The summed E-state index contributed by atoms with van der Waals surface area (Å²) in [6.45, 7) is 0.953. The van der Waals surface area contributed by atoms with Crippen molar-refractivity contribution in [2.24, 2.45) is 0 Å². The van der Waals surface area contributed by atoms with Crippen LogP contribution in [0.25, 0.3) is 6.08 Å². The molecule has 1 heterocycles. The standard InChI is InChI=1S/C20H21BrN2O4/c1-23(2)16-11-12(4-6-15(16)22)18(24)14(21)10-13-5-7-17-20(19(13)25-3)27-9-8-26-17/h4-7,10-11H,8-9,22H2,1-3H3/b14-10+. The number of hydrogen-bond acceptors (Lipinski definition) is 6. The first-order chi connectivity index (χ1) is 12.9. The predicted octanol–water partition coefficient (Wildman–Crippen LogP) is 3.73.